The van der Waals surface area contributed by atoms with Crippen LogP contribution >= 0.6 is 0 Å². The van der Waals surface area contributed by atoms with E-state index >= 15 is 0 Å². The van der Waals surface area contributed by atoms with Crippen molar-refractivity contribution in [3.05, 3.63) is 29.8 Å². The second-order valence-corrected chi connectivity index (χ2v) is 4.95. The molecule has 0 aliphatic heterocycles. The van der Waals surface area contributed by atoms with Gasteiger partial charge in [-0.3, -0.25) is 4.79 Å². The van der Waals surface area contributed by atoms with E-state index in [0.29, 0.717) is 12.1 Å². The molecule has 1 aliphatic carbocycles. The summed E-state index contributed by atoms with van der Waals surface area (Å²) in [4.78, 5) is 12.1. The number of aliphatic hydroxyl groups excluding tert-OH is 1. The zero-order chi connectivity index (χ0) is 13.0. The highest BCUT2D eigenvalue weighted by atomic mass is 16.3. The minimum Gasteiger partial charge on any atom is -0.396 e. The number of hydrogen-bond donors (Lipinski definition) is 3. The predicted molar refractivity (Wildman–Crippen MR) is 71.7 cm³/mol. The Morgan fingerprint density at radius 2 is 2.11 bits per heavy atom. The van der Waals surface area contributed by atoms with Gasteiger partial charge in [0.25, 0.3) is 5.91 Å². The Balaban J connectivity index is 1.96. The van der Waals surface area contributed by atoms with Crippen LogP contribution in [0.4, 0.5) is 5.69 Å². The van der Waals surface area contributed by atoms with Gasteiger partial charge in [0.1, 0.15) is 0 Å². The van der Waals surface area contributed by atoms with Crippen LogP contribution in [0, 0.1) is 5.41 Å². The number of amides is 1. The number of rotatable bonds is 6. The van der Waals surface area contributed by atoms with Gasteiger partial charge in [0.15, 0.2) is 0 Å². The molecular weight excluding hydrogens is 228 g/mol. The molecule has 0 unspecified atom stereocenters. The quantitative estimate of drug-likeness (QED) is 0.717. The number of benzene rings is 1. The van der Waals surface area contributed by atoms with Crippen LogP contribution in [0.2, 0.25) is 0 Å². The van der Waals surface area contributed by atoms with E-state index in [2.05, 4.69) is 10.6 Å². The number of aliphatic hydroxyl groups is 1. The molecule has 2 rings (SSSR count). The standard InChI is InChI=1S/C14H20N2O2/c1-15-12-5-3-2-4-11(12)13(18)16-10-14(6-7-14)8-9-17/h2-5,15,17H,6-10H2,1H3,(H,16,18). The van der Waals surface area contributed by atoms with E-state index < -0.39 is 0 Å². The normalized spacial score (nSPS) is 16.1. The van der Waals surface area contributed by atoms with Gasteiger partial charge in [-0.1, -0.05) is 12.1 Å². The first kappa shape index (κ1) is 12.9. The molecule has 0 bridgehead atoms. The van der Waals surface area contributed by atoms with Crippen molar-refractivity contribution < 1.29 is 9.90 Å². The third-order valence-electron chi connectivity index (χ3n) is 3.66. The fraction of sp³-hybridized carbons (Fsp3) is 0.500. The van der Waals surface area contributed by atoms with Crippen LogP contribution in [0.5, 0.6) is 0 Å². The van der Waals surface area contributed by atoms with Crippen molar-refractivity contribution in [2.75, 3.05) is 25.5 Å². The summed E-state index contributed by atoms with van der Waals surface area (Å²) in [6.45, 7) is 0.855. The van der Waals surface area contributed by atoms with Crippen molar-refractivity contribution in [2.24, 2.45) is 5.41 Å². The van der Waals surface area contributed by atoms with Gasteiger partial charge in [0, 0.05) is 25.9 Å². The molecule has 4 heteroatoms. The third kappa shape index (κ3) is 2.82. The first-order chi connectivity index (χ1) is 8.71. The minimum absolute atomic E-state index is 0.0517. The SMILES string of the molecule is CNc1ccccc1C(=O)NCC1(CCO)CC1. The van der Waals surface area contributed by atoms with E-state index in [9.17, 15) is 4.79 Å². The van der Waals surface area contributed by atoms with Crippen molar-refractivity contribution >= 4 is 11.6 Å². The molecule has 1 aliphatic rings. The van der Waals surface area contributed by atoms with Crippen LogP contribution < -0.4 is 10.6 Å². The van der Waals surface area contributed by atoms with Gasteiger partial charge in [0.2, 0.25) is 0 Å². The number of carbonyl (C=O) groups is 1. The van der Waals surface area contributed by atoms with Gasteiger partial charge >= 0.3 is 0 Å². The van der Waals surface area contributed by atoms with E-state index in [1.54, 1.807) is 7.05 Å². The van der Waals surface area contributed by atoms with E-state index in [1.807, 2.05) is 24.3 Å². The molecule has 1 fully saturated rings. The highest BCUT2D eigenvalue weighted by Crippen LogP contribution is 2.47. The lowest BCUT2D eigenvalue weighted by Gasteiger charge is -2.15. The molecule has 3 N–H and O–H groups in total. The first-order valence-electron chi connectivity index (χ1n) is 6.37. The zero-order valence-electron chi connectivity index (χ0n) is 10.7. The Kier molecular flexibility index (Phi) is 3.87. The number of para-hydroxylation sites is 1. The topological polar surface area (TPSA) is 61.4 Å². The van der Waals surface area contributed by atoms with E-state index in [-0.39, 0.29) is 17.9 Å². The number of nitrogens with one attached hydrogen (secondary N) is 2. The molecule has 0 aromatic heterocycles. The van der Waals surface area contributed by atoms with Gasteiger partial charge in [-0.25, -0.2) is 0 Å². The fourth-order valence-corrected chi connectivity index (χ4v) is 2.19. The Bertz CT molecular complexity index is 428. The van der Waals surface area contributed by atoms with Crippen LogP contribution in [-0.4, -0.2) is 31.2 Å². The summed E-state index contributed by atoms with van der Waals surface area (Å²) >= 11 is 0. The number of anilines is 1. The molecular formula is C14H20N2O2. The van der Waals surface area contributed by atoms with Gasteiger partial charge in [-0.05, 0) is 36.8 Å². The van der Waals surface area contributed by atoms with Gasteiger partial charge < -0.3 is 15.7 Å². The largest absolute Gasteiger partial charge is 0.396 e. The van der Waals surface area contributed by atoms with Crippen molar-refractivity contribution in [3.63, 3.8) is 0 Å². The smallest absolute Gasteiger partial charge is 0.253 e. The highest BCUT2D eigenvalue weighted by molar-refractivity contribution is 5.99. The maximum atomic E-state index is 12.1. The average Bonchev–Trinajstić information content (AvgIpc) is 3.16. The van der Waals surface area contributed by atoms with E-state index in [0.717, 1.165) is 24.9 Å². The lowest BCUT2D eigenvalue weighted by Crippen LogP contribution is -2.31. The molecule has 1 aromatic carbocycles. The maximum absolute atomic E-state index is 12.1. The monoisotopic (exact) mass is 248 g/mol. The minimum atomic E-state index is -0.0517. The summed E-state index contributed by atoms with van der Waals surface area (Å²) in [5.41, 5.74) is 1.65. The molecule has 98 valence electrons. The molecule has 0 radical (unpaired) electrons. The van der Waals surface area contributed by atoms with Crippen molar-refractivity contribution in [1.82, 2.24) is 5.32 Å². The molecule has 0 atom stereocenters. The zero-order valence-corrected chi connectivity index (χ0v) is 10.7. The maximum Gasteiger partial charge on any atom is 0.253 e. The molecule has 18 heavy (non-hydrogen) atoms. The van der Waals surface area contributed by atoms with Crippen molar-refractivity contribution in [1.29, 1.82) is 0 Å². The summed E-state index contributed by atoms with van der Waals surface area (Å²) in [6.07, 6.45) is 2.98. The van der Waals surface area contributed by atoms with Gasteiger partial charge in [-0.2, -0.15) is 0 Å². The average molecular weight is 248 g/mol. The summed E-state index contributed by atoms with van der Waals surface area (Å²) in [6, 6.07) is 7.45. The Hall–Kier alpha value is -1.55. The van der Waals surface area contributed by atoms with Crippen LogP contribution in [0.1, 0.15) is 29.6 Å². The molecule has 4 nitrogen and oxygen atoms in total. The molecule has 0 saturated heterocycles. The number of hydrogen-bond acceptors (Lipinski definition) is 3. The Labute approximate surface area is 107 Å². The van der Waals surface area contributed by atoms with Gasteiger partial charge in [0.05, 0.1) is 5.56 Å². The van der Waals surface area contributed by atoms with E-state index in [4.69, 9.17) is 5.11 Å². The van der Waals surface area contributed by atoms with Crippen LogP contribution in [0.25, 0.3) is 0 Å². The summed E-state index contributed by atoms with van der Waals surface area (Å²) in [5, 5.41) is 15.0. The molecule has 0 heterocycles. The highest BCUT2D eigenvalue weighted by Gasteiger charge is 2.41. The predicted octanol–water partition coefficient (Wildman–Crippen LogP) is 1.62. The second kappa shape index (κ2) is 5.40. The summed E-state index contributed by atoms with van der Waals surface area (Å²) in [5.74, 6) is -0.0517. The lowest BCUT2D eigenvalue weighted by atomic mass is 10.0. The third-order valence-corrected chi connectivity index (χ3v) is 3.66. The van der Waals surface area contributed by atoms with E-state index in [1.165, 1.54) is 0 Å². The second-order valence-electron chi connectivity index (χ2n) is 4.95. The van der Waals surface area contributed by atoms with Crippen molar-refractivity contribution in [2.45, 2.75) is 19.3 Å². The molecule has 0 spiro atoms. The van der Waals surface area contributed by atoms with Gasteiger partial charge in [-0.15, -0.1) is 0 Å². The summed E-state index contributed by atoms with van der Waals surface area (Å²) < 4.78 is 0. The Morgan fingerprint density at radius 1 is 1.39 bits per heavy atom. The van der Waals surface area contributed by atoms with Crippen LogP contribution in [-0.2, 0) is 0 Å². The molecule has 1 saturated carbocycles. The lowest BCUT2D eigenvalue weighted by molar-refractivity contribution is 0.0941. The molecule has 1 aromatic rings. The first-order valence-corrected chi connectivity index (χ1v) is 6.37. The molecule has 1 amide bonds. The summed E-state index contributed by atoms with van der Waals surface area (Å²) in [7, 11) is 1.81. The van der Waals surface area contributed by atoms with Crippen LogP contribution in [0.3, 0.4) is 0 Å². The van der Waals surface area contributed by atoms with Crippen LogP contribution in [0.15, 0.2) is 24.3 Å². The fourth-order valence-electron chi connectivity index (χ4n) is 2.19. The van der Waals surface area contributed by atoms with Crippen molar-refractivity contribution in [3.8, 4) is 0 Å². The Morgan fingerprint density at radius 3 is 2.72 bits per heavy atom. The number of carbonyl (C=O) groups excluding carboxylic acids is 1.